The molecule has 0 radical (unpaired) electrons. The average molecular weight is 483 g/mol. The van der Waals surface area contributed by atoms with Crippen molar-refractivity contribution in [2.24, 2.45) is 11.3 Å². The molecular weight excluding hydrogens is 456 g/mol. The molecule has 2 aromatic heterocycles. The van der Waals surface area contributed by atoms with Crippen molar-refractivity contribution in [2.75, 3.05) is 11.1 Å². The number of rotatable bonds is 6. The molecule has 0 saturated heterocycles. The summed E-state index contributed by atoms with van der Waals surface area (Å²) in [6.45, 7) is 6.77. The van der Waals surface area contributed by atoms with Crippen LogP contribution in [0.4, 0.5) is 5.00 Å². The van der Waals surface area contributed by atoms with Crippen molar-refractivity contribution in [3.8, 4) is 17.7 Å². The highest BCUT2D eigenvalue weighted by atomic mass is 32.2. The average Bonchev–Trinajstić information content (AvgIpc) is 3.32. The van der Waals surface area contributed by atoms with Gasteiger partial charge in [0.2, 0.25) is 11.6 Å². The Hall–Kier alpha value is -2.83. The lowest BCUT2D eigenvalue weighted by Gasteiger charge is -2.33. The van der Waals surface area contributed by atoms with Crippen molar-refractivity contribution in [3.63, 3.8) is 0 Å². The Bertz CT molecular complexity index is 1190. The second-order valence-corrected chi connectivity index (χ2v) is 11.4. The van der Waals surface area contributed by atoms with Gasteiger partial charge in [-0.15, -0.1) is 11.3 Å². The van der Waals surface area contributed by atoms with E-state index >= 15 is 0 Å². The summed E-state index contributed by atoms with van der Waals surface area (Å²) in [5.41, 5.74) is 2.63. The zero-order valence-electron chi connectivity index (χ0n) is 18.9. The van der Waals surface area contributed by atoms with E-state index in [1.165, 1.54) is 32.7 Å². The lowest BCUT2D eigenvalue weighted by atomic mass is 9.72. The molecule has 4 rings (SSSR count). The molecular formula is C24H26N4O3S2. The van der Waals surface area contributed by atoms with Crippen LogP contribution in [0.15, 0.2) is 39.9 Å². The molecule has 1 aromatic carbocycles. The number of anilines is 1. The van der Waals surface area contributed by atoms with Crippen LogP contribution < -0.4 is 15.1 Å². The molecule has 1 unspecified atom stereocenters. The Morgan fingerprint density at radius 3 is 2.85 bits per heavy atom. The summed E-state index contributed by atoms with van der Waals surface area (Å²) in [6, 6.07) is 11.5. The van der Waals surface area contributed by atoms with Gasteiger partial charge in [0, 0.05) is 29.2 Å². The summed E-state index contributed by atoms with van der Waals surface area (Å²) in [4.78, 5) is 13.8. The van der Waals surface area contributed by atoms with Crippen LogP contribution in [0.25, 0.3) is 5.69 Å². The number of nitrogens with one attached hydrogen (secondary N) is 1. The Labute approximate surface area is 201 Å². The van der Waals surface area contributed by atoms with Gasteiger partial charge in [0.1, 0.15) is 11.1 Å². The number of nitriles is 1. The van der Waals surface area contributed by atoms with Gasteiger partial charge >= 0.3 is 0 Å². The fourth-order valence-electron chi connectivity index (χ4n) is 4.06. The number of thioether (sulfide) groups is 1. The number of fused-ring (bicyclic) bond motifs is 1. The van der Waals surface area contributed by atoms with Crippen molar-refractivity contribution in [2.45, 2.75) is 51.5 Å². The SMILES string of the molecule is CC(C)(C)C1CCc2c(sc(NC(=O)CCSc3c([O-])on[n+]3-c3ccccc3)c2C#N)C1. The Morgan fingerprint density at radius 2 is 2.15 bits per heavy atom. The predicted octanol–water partition coefficient (Wildman–Crippen LogP) is 4.23. The van der Waals surface area contributed by atoms with Gasteiger partial charge in [-0.25, -0.2) is 0 Å². The molecule has 1 N–H and O–H groups in total. The highest BCUT2D eigenvalue weighted by Gasteiger charge is 2.32. The zero-order valence-corrected chi connectivity index (χ0v) is 20.5. The molecule has 172 valence electrons. The highest BCUT2D eigenvalue weighted by molar-refractivity contribution is 7.99. The second-order valence-electron chi connectivity index (χ2n) is 9.19. The minimum Gasteiger partial charge on any atom is -0.538 e. The van der Waals surface area contributed by atoms with Gasteiger partial charge in [0.05, 0.1) is 10.8 Å². The van der Waals surface area contributed by atoms with E-state index in [0.29, 0.717) is 32.9 Å². The molecule has 0 saturated carbocycles. The largest absolute Gasteiger partial charge is 0.538 e. The van der Waals surface area contributed by atoms with Crippen molar-refractivity contribution in [1.82, 2.24) is 5.27 Å². The van der Waals surface area contributed by atoms with Gasteiger partial charge in [-0.1, -0.05) is 50.7 Å². The van der Waals surface area contributed by atoms with E-state index in [9.17, 15) is 15.2 Å². The number of benzene rings is 1. The first kappa shape index (κ1) is 23.3. The highest BCUT2D eigenvalue weighted by Crippen LogP contribution is 2.44. The van der Waals surface area contributed by atoms with Gasteiger partial charge in [-0.2, -0.15) is 5.26 Å². The first-order valence-electron chi connectivity index (χ1n) is 10.9. The van der Waals surface area contributed by atoms with E-state index in [-0.39, 0.29) is 17.7 Å². The monoisotopic (exact) mass is 482 g/mol. The van der Waals surface area contributed by atoms with E-state index < -0.39 is 5.95 Å². The van der Waals surface area contributed by atoms with E-state index in [0.717, 1.165) is 24.8 Å². The van der Waals surface area contributed by atoms with Crippen LogP contribution in [-0.4, -0.2) is 16.9 Å². The van der Waals surface area contributed by atoms with Gasteiger partial charge in [-0.3, -0.25) is 4.79 Å². The summed E-state index contributed by atoms with van der Waals surface area (Å²) in [5.74, 6) is 0.237. The number of amides is 1. The van der Waals surface area contributed by atoms with Crippen LogP contribution >= 0.6 is 23.1 Å². The third-order valence-corrected chi connectivity index (χ3v) is 8.19. The molecule has 0 spiro atoms. The molecule has 9 heteroatoms. The Morgan fingerprint density at radius 1 is 1.39 bits per heavy atom. The maximum atomic E-state index is 12.6. The van der Waals surface area contributed by atoms with Crippen molar-refractivity contribution in [3.05, 3.63) is 46.3 Å². The van der Waals surface area contributed by atoms with E-state index in [1.54, 1.807) is 0 Å². The van der Waals surface area contributed by atoms with Crippen LogP contribution in [-0.2, 0) is 17.6 Å². The first-order valence-corrected chi connectivity index (χ1v) is 12.7. The molecule has 1 amide bonds. The third-order valence-electron chi connectivity index (χ3n) is 6.00. The number of nitrogens with zero attached hydrogens (tertiary/aromatic N) is 3. The lowest BCUT2D eigenvalue weighted by molar-refractivity contribution is -0.705. The van der Waals surface area contributed by atoms with Gasteiger partial charge < -0.3 is 14.9 Å². The summed E-state index contributed by atoms with van der Waals surface area (Å²) < 4.78 is 6.26. The number of carbonyl (C=O) groups is 1. The van der Waals surface area contributed by atoms with Crippen molar-refractivity contribution in [1.29, 1.82) is 5.26 Å². The number of carbonyl (C=O) groups excluding carboxylic acids is 1. The fourth-order valence-corrected chi connectivity index (χ4v) is 6.25. The molecule has 0 bridgehead atoms. The molecule has 1 aliphatic carbocycles. The molecule has 0 aliphatic heterocycles. The molecule has 1 atom stereocenters. The quantitative estimate of drug-likeness (QED) is 0.416. The van der Waals surface area contributed by atoms with E-state index in [1.807, 2.05) is 30.3 Å². The minimum atomic E-state index is -0.532. The Balaban J connectivity index is 1.40. The lowest BCUT2D eigenvalue weighted by Crippen LogP contribution is -2.34. The third kappa shape index (κ3) is 5.07. The van der Waals surface area contributed by atoms with Crippen LogP contribution in [0, 0.1) is 22.7 Å². The molecule has 0 fully saturated rings. The van der Waals surface area contributed by atoms with Gasteiger partial charge in [-0.05, 0) is 40.8 Å². The fraction of sp³-hybridized carbons (Fsp3) is 0.417. The van der Waals surface area contributed by atoms with Crippen LogP contribution in [0.2, 0.25) is 0 Å². The van der Waals surface area contributed by atoms with Gasteiger partial charge in [0.15, 0.2) is 5.95 Å². The number of hydrogen-bond donors (Lipinski definition) is 1. The maximum Gasteiger partial charge on any atom is 0.297 e. The maximum absolute atomic E-state index is 12.6. The number of hydrogen-bond acceptors (Lipinski definition) is 7. The van der Waals surface area contributed by atoms with E-state index in [2.05, 4.69) is 37.4 Å². The van der Waals surface area contributed by atoms with E-state index in [4.69, 9.17) is 4.52 Å². The van der Waals surface area contributed by atoms with Crippen LogP contribution in [0.5, 0.6) is 5.95 Å². The minimum absolute atomic E-state index is 0.180. The Kier molecular flexibility index (Phi) is 6.77. The summed E-state index contributed by atoms with van der Waals surface area (Å²) in [5, 5.41) is 29.5. The molecule has 1 aliphatic rings. The smallest absolute Gasteiger partial charge is 0.297 e. The molecule has 3 aromatic rings. The normalized spacial score (nSPS) is 15.6. The van der Waals surface area contributed by atoms with Crippen LogP contribution in [0.1, 0.15) is 49.6 Å². The molecule has 2 heterocycles. The summed E-state index contributed by atoms with van der Waals surface area (Å²) >= 11 is 2.75. The van der Waals surface area contributed by atoms with Crippen molar-refractivity contribution >= 4 is 34.0 Å². The number of para-hydroxylation sites is 1. The standard InChI is InChI=1S/C24H26N4O3S2/c1-24(2,3)15-9-10-17-18(14-25)21(33-19(17)13-15)26-20(29)11-12-32-22-23(30)31-27-28(22)16-7-5-4-6-8-16/h4-8,15H,9-13H2,1-3H3,(H-,26,27,29,30). The molecule has 7 nitrogen and oxygen atoms in total. The first-order chi connectivity index (χ1) is 15.8. The van der Waals surface area contributed by atoms with Crippen LogP contribution in [0.3, 0.4) is 0 Å². The topological polar surface area (TPSA) is 106 Å². The van der Waals surface area contributed by atoms with Crippen molar-refractivity contribution < 1.29 is 19.1 Å². The van der Waals surface area contributed by atoms with Gasteiger partial charge in [0.25, 0.3) is 5.03 Å². The zero-order chi connectivity index (χ0) is 23.6. The molecule has 33 heavy (non-hydrogen) atoms. The number of thiophene rings is 1. The summed E-state index contributed by atoms with van der Waals surface area (Å²) in [7, 11) is 0. The predicted molar refractivity (Wildman–Crippen MR) is 125 cm³/mol. The summed E-state index contributed by atoms with van der Waals surface area (Å²) in [6.07, 6.45) is 3.08. The number of aromatic nitrogens is 2. The second kappa shape index (κ2) is 9.57.